The summed E-state index contributed by atoms with van der Waals surface area (Å²) in [6, 6.07) is 14.0. The first kappa shape index (κ1) is 10.3. The first-order valence-corrected chi connectivity index (χ1v) is 5.67. The van der Waals surface area contributed by atoms with Crippen LogP contribution < -0.4 is 11.5 Å². The average Bonchev–Trinajstić information content (AvgIpc) is 2.27. The highest BCUT2D eigenvalue weighted by Gasteiger charge is 2.07. The van der Waals surface area contributed by atoms with Gasteiger partial charge in [0.2, 0.25) is 0 Å². The van der Waals surface area contributed by atoms with Gasteiger partial charge in [-0.2, -0.15) is 0 Å². The molecular formula is C12H11IN2. The van der Waals surface area contributed by atoms with Crippen LogP contribution in [0.1, 0.15) is 0 Å². The number of hydrogen-bond donors (Lipinski definition) is 2. The van der Waals surface area contributed by atoms with Gasteiger partial charge >= 0.3 is 0 Å². The van der Waals surface area contributed by atoms with E-state index in [1.54, 1.807) is 0 Å². The predicted octanol–water partition coefficient (Wildman–Crippen LogP) is 3.12. The molecule has 0 aliphatic carbocycles. The molecule has 0 amide bonds. The lowest BCUT2D eigenvalue weighted by Crippen LogP contribution is -1.98. The van der Waals surface area contributed by atoms with Gasteiger partial charge in [-0.1, -0.05) is 36.4 Å². The zero-order valence-electron chi connectivity index (χ0n) is 8.07. The molecule has 0 fully saturated rings. The second-order valence-electron chi connectivity index (χ2n) is 3.30. The van der Waals surface area contributed by atoms with Crippen LogP contribution in [0, 0.1) is 3.57 Å². The van der Waals surface area contributed by atoms with Crippen molar-refractivity contribution in [3.63, 3.8) is 0 Å². The van der Waals surface area contributed by atoms with Crippen molar-refractivity contribution >= 4 is 34.0 Å². The number of nitrogens with two attached hydrogens (primary N) is 2. The van der Waals surface area contributed by atoms with E-state index in [4.69, 9.17) is 11.5 Å². The van der Waals surface area contributed by atoms with Gasteiger partial charge in [0, 0.05) is 3.57 Å². The van der Waals surface area contributed by atoms with Crippen LogP contribution in [0.25, 0.3) is 11.1 Å². The van der Waals surface area contributed by atoms with Crippen molar-refractivity contribution in [2.45, 2.75) is 0 Å². The van der Waals surface area contributed by atoms with Gasteiger partial charge in [0.25, 0.3) is 0 Å². The van der Waals surface area contributed by atoms with Crippen LogP contribution in [0.2, 0.25) is 0 Å². The molecule has 0 unspecified atom stereocenters. The van der Waals surface area contributed by atoms with Gasteiger partial charge in [0.15, 0.2) is 0 Å². The van der Waals surface area contributed by atoms with E-state index in [1.807, 2.05) is 30.3 Å². The SMILES string of the molecule is Nc1ccc(-c2ccccc2)c(I)c1N. The molecule has 0 radical (unpaired) electrons. The molecule has 3 heteroatoms. The van der Waals surface area contributed by atoms with E-state index in [-0.39, 0.29) is 0 Å². The van der Waals surface area contributed by atoms with E-state index in [0.717, 1.165) is 14.7 Å². The Morgan fingerprint density at radius 3 is 2.20 bits per heavy atom. The van der Waals surface area contributed by atoms with Crippen molar-refractivity contribution < 1.29 is 0 Å². The number of rotatable bonds is 1. The number of nitrogen functional groups attached to an aromatic ring is 2. The maximum absolute atomic E-state index is 5.89. The lowest BCUT2D eigenvalue weighted by atomic mass is 10.0. The van der Waals surface area contributed by atoms with Crippen LogP contribution in [0.3, 0.4) is 0 Å². The topological polar surface area (TPSA) is 52.0 Å². The van der Waals surface area contributed by atoms with E-state index < -0.39 is 0 Å². The van der Waals surface area contributed by atoms with Crippen molar-refractivity contribution in [3.05, 3.63) is 46.0 Å². The molecule has 0 bridgehead atoms. The Balaban J connectivity index is 2.60. The Morgan fingerprint density at radius 2 is 1.53 bits per heavy atom. The van der Waals surface area contributed by atoms with Gasteiger partial charge in [0.1, 0.15) is 0 Å². The third-order valence-corrected chi connectivity index (χ3v) is 3.46. The van der Waals surface area contributed by atoms with Crippen LogP contribution in [0.15, 0.2) is 42.5 Å². The molecule has 2 rings (SSSR count). The van der Waals surface area contributed by atoms with Gasteiger partial charge < -0.3 is 11.5 Å². The number of anilines is 2. The van der Waals surface area contributed by atoms with Crippen molar-refractivity contribution in [1.29, 1.82) is 0 Å². The monoisotopic (exact) mass is 310 g/mol. The molecule has 76 valence electrons. The lowest BCUT2D eigenvalue weighted by molar-refractivity contribution is 1.57. The van der Waals surface area contributed by atoms with E-state index >= 15 is 0 Å². The highest BCUT2D eigenvalue weighted by atomic mass is 127. The highest BCUT2D eigenvalue weighted by molar-refractivity contribution is 14.1. The van der Waals surface area contributed by atoms with Gasteiger partial charge in [-0.3, -0.25) is 0 Å². The molecule has 0 aliphatic rings. The molecule has 2 aromatic rings. The number of hydrogen-bond acceptors (Lipinski definition) is 2. The highest BCUT2D eigenvalue weighted by Crippen LogP contribution is 2.32. The molecule has 0 atom stereocenters. The molecule has 0 heterocycles. The summed E-state index contributed by atoms with van der Waals surface area (Å²) in [5.74, 6) is 0. The second kappa shape index (κ2) is 4.10. The number of halogens is 1. The molecule has 0 spiro atoms. The van der Waals surface area contributed by atoms with Crippen LogP contribution >= 0.6 is 22.6 Å². The predicted molar refractivity (Wildman–Crippen MR) is 73.4 cm³/mol. The largest absolute Gasteiger partial charge is 0.397 e. The standard InChI is InChI=1S/C12H11IN2/c13-11-9(6-7-10(14)12(11)15)8-4-2-1-3-5-8/h1-7H,14-15H2. The van der Waals surface area contributed by atoms with Crippen molar-refractivity contribution in [2.75, 3.05) is 11.5 Å². The van der Waals surface area contributed by atoms with Gasteiger partial charge in [-0.05, 0) is 39.8 Å². The molecule has 0 saturated carbocycles. The van der Waals surface area contributed by atoms with E-state index in [2.05, 4.69) is 34.7 Å². The zero-order chi connectivity index (χ0) is 10.8. The van der Waals surface area contributed by atoms with Crippen molar-refractivity contribution in [2.24, 2.45) is 0 Å². The Hall–Kier alpha value is -1.23. The summed E-state index contributed by atoms with van der Waals surface area (Å²) in [5.41, 5.74) is 15.2. The zero-order valence-corrected chi connectivity index (χ0v) is 10.2. The normalized spacial score (nSPS) is 10.2. The molecule has 15 heavy (non-hydrogen) atoms. The summed E-state index contributed by atoms with van der Waals surface area (Å²) in [6.07, 6.45) is 0. The maximum atomic E-state index is 5.89. The van der Waals surface area contributed by atoms with E-state index in [1.165, 1.54) is 0 Å². The third-order valence-electron chi connectivity index (χ3n) is 2.30. The fourth-order valence-electron chi connectivity index (χ4n) is 1.45. The van der Waals surface area contributed by atoms with Crippen molar-refractivity contribution in [1.82, 2.24) is 0 Å². The molecule has 0 aromatic heterocycles. The molecule has 2 aromatic carbocycles. The van der Waals surface area contributed by atoms with E-state index in [0.29, 0.717) is 11.4 Å². The Kier molecular flexibility index (Phi) is 2.81. The summed E-state index contributed by atoms with van der Waals surface area (Å²) in [4.78, 5) is 0. The number of benzene rings is 2. The Morgan fingerprint density at radius 1 is 0.867 bits per heavy atom. The summed E-state index contributed by atoms with van der Waals surface area (Å²) < 4.78 is 1.01. The Labute approximate surface area is 102 Å². The Bertz CT molecular complexity index is 480. The average molecular weight is 310 g/mol. The minimum atomic E-state index is 0.638. The van der Waals surface area contributed by atoms with E-state index in [9.17, 15) is 0 Å². The van der Waals surface area contributed by atoms with Crippen LogP contribution in [0.4, 0.5) is 11.4 Å². The minimum absolute atomic E-state index is 0.638. The molecule has 4 N–H and O–H groups in total. The summed E-state index contributed by atoms with van der Waals surface area (Å²) in [6.45, 7) is 0. The smallest absolute Gasteiger partial charge is 0.0689 e. The fourth-order valence-corrected chi connectivity index (χ4v) is 2.25. The quantitative estimate of drug-likeness (QED) is 0.628. The molecule has 2 nitrogen and oxygen atoms in total. The van der Waals surface area contributed by atoms with Crippen LogP contribution in [-0.2, 0) is 0 Å². The third kappa shape index (κ3) is 1.92. The maximum Gasteiger partial charge on any atom is 0.0689 e. The lowest BCUT2D eigenvalue weighted by Gasteiger charge is -2.09. The first-order chi connectivity index (χ1) is 7.20. The fraction of sp³-hybridized carbons (Fsp3) is 0. The molecule has 0 saturated heterocycles. The van der Waals surface area contributed by atoms with Gasteiger partial charge in [-0.25, -0.2) is 0 Å². The summed E-state index contributed by atoms with van der Waals surface area (Å²) in [5, 5.41) is 0. The van der Waals surface area contributed by atoms with Crippen LogP contribution in [0.5, 0.6) is 0 Å². The summed E-state index contributed by atoms with van der Waals surface area (Å²) >= 11 is 2.23. The van der Waals surface area contributed by atoms with Crippen molar-refractivity contribution in [3.8, 4) is 11.1 Å². The first-order valence-electron chi connectivity index (χ1n) is 4.59. The van der Waals surface area contributed by atoms with Gasteiger partial charge in [0.05, 0.1) is 11.4 Å². The van der Waals surface area contributed by atoms with Crippen LogP contribution in [-0.4, -0.2) is 0 Å². The van der Waals surface area contributed by atoms with Gasteiger partial charge in [-0.15, -0.1) is 0 Å². The summed E-state index contributed by atoms with van der Waals surface area (Å²) in [7, 11) is 0. The minimum Gasteiger partial charge on any atom is -0.397 e. The molecule has 0 aliphatic heterocycles. The molecular weight excluding hydrogens is 299 g/mol. The second-order valence-corrected chi connectivity index (χ2v) is 4.37.